The molecule has 0 amide bonds. The first-order valence-corrected chi connectivity index (χ1v) is 9.48. The number of hydrogen-bond acceptors (Lipinski definition) is 2. The van der Waals surface area contributed by atoms with Crippen LogP contribution in [0.3, 0.4) is 0 Å². The van der Waals surface area contributed by atoms with Crippen LogP contribution in [-0.2, 0) is 13.0 Å². The van der Waals surface area contributed by atoms with Crippen LogP contribution in [0.4, 0.5) is 4.39 Å². The lowest BCUT2D eigenvalue weighted by Crippen LogP contribution is -2.42. The van der Waals surface area contributed by atoms with Gasteiger partial charge in [-0.15, -0.1) is 0 Å². The summed E-state index contributed by atoms with van der Waals surface area (Å²) in [4.78, 5) is 2.59. The quantitative estimate of drug-likeness (QED) is 0.762. The van der Waals surface area contributed by atoms with E-state index in [2.05, 4.69) is 30.0 Å². The van der Waals surface area contributed by atoms with E-state index in [4.69, 9.17) is 4.74 Å². The van der Waals surface area contributed by atoms with Crippen molar-refractivity contribution in [1.82, 2.24) is 4.90 Å². The molecule has 0 bridgehead atoms. The lowest BCUT2D eigenvalue weighted by Gasteiger charge is -2.39. The van der Waals surface area contributed by atoms with Gasteiger partial charge >= 0.3 is 0 Å². The molecule has 1 heterocycles. The summed E-state index contributed by atoms with van der Waals surface area (Å²) in [7, 11) is 1.70. The minimum atomic E-state index is -0.145. The fourth-order valence-corrected chi connectivity index (χ4v) is 4.28. The lowest BCUT2D eigenvalue weighted by atomic mass is 9.87. The van der Waals surface area contributed by atoms with Gasteiger partial charge in [0.1, 0.15) is 11.6 Å². The van der Waals surface area contributed by atoms with Crippen LogP contribution in [0.25, 0.3) is 6.08 Å². The van der Waals surface area contributed by atoms with Crippen LogP contribution in [0.5, 0.6) is 5.75 Å². The first-order chi connectivity index (χ1) is 12.6. The highest BCUT2D eigenvalue weighted by molar-refractivity contribution is 5.65. The van der Waals surface area contributed by atoms with Gasteiger partial charge in [-0.1, -0.05) is 31.2 Å². The number of benzene rings is 2. The number of ether oxygens (including phenoxy) is 1. The Hall–Kier alpha value is -2.13. The van der Waals surface area contributed by atoms with E-state index >= 15 is 0 Å². The summed E-state index contributed by atoms with van der Waals surface area (Å²) in [6, 6.07) is 14.0. The molecule has 0 N–H and O–H groups in total. The van der Waals surface area contributed by atoms with E-state index in [0.717, 1.165) is 36.7 Å². The first-order valence-electron chi connectivity index (χ1n) is 9.48. The summed E-state index contributed by atoms with van der Waals surface area (Å²) in [6.07, 6.45) is 5.59. The van der Waals surface area contributed by atoms with Crippen molar-refractivity contribution in [2.45, 2.75) is 38.8 Å². The van der Waals surface area contributed by atoms with Gasteiger partial charge in [0.15, 0.2) is 0 Å². The average molecular weight is 351 g/mol. The van der Waals surface area contributed by atoms with Crippen LogP contribution in [0.1, 0.15) is 36.5 Å². The predicted molar refractivity (Wildman–Crippen MR) is 104 cm³/mol. The van der Waals surface area contributed by atoms with E-state index < -0.39 is 0 Å². The Morgan fingerprint density at radius 2 is 1.96 bits per heavy atom. The Labute approximate surface area is 155 Å². The van der Waals surface area contributed by atoms with Crippen molar-refractivity contribution < 1.29 is 9.13 Å². The lowest BCUT2D eigenvalue weighted by molar-refractivity contribution is 0.132. The van der Waals surface area contributed by atoms with Gasteiger partial charge in [-0.25, -0.2) is 4.39 Å². The minimum Gasteiger partial charge on any atom is -0.497 e. The monoisotopic (exact) mass is 351 g/mol. The van der Waals surface area contributed by atoms with E-state index in [0.29, 0.717) is 6.04 Å². The van der Waals surface area contributed by atoms with Crippen molar-refractivity contribution in [3.05, 3.63) is 70.5 Å². The smallest absolute Gasteiger partial charge is 0.123 e. The maximum atomic E-state index is 13.6. The topological polar surface area (TPSA) is 12.5 Å². The maximum absolute atomic E-state index is 13.6. The van der Waals surface area contributed by atoms with Gasteiger partial charge in [-0.05, 0) is 78.3 Å². The van der Waals surface area contributed by atoms with Crippen molar-refractivity contribution in [3.63, 3.8) is 0 Å². The number of nitrogens with zero attached hydrogens (tertiary/aromatic N) is 1. The number of fused-ring (bicyclic) bond motifs is 1. The third-order valence-corrected chi connectivity index (χ3v) is 5.79. The van der Waals surface area contributed by atoms with Crippen LogP contribution in [0.2, 0.25) is 0 Å². The number of piperidine rings is 1. The van der Waals surface area contributed by atoms with Crippen LogP contribution >= 0.6 is 0 Å². The van der Waals surface area contributed by atoms with Gasteiger partial charge in [-0.2, -0.15) is 0 Å². The maximum Gasteiger partial charge on any atom is 0.123 e. The minimum absolute atomic E-state index is 0.145. The molecule has 2 unspecified atom stereocenters. The molecular formula is C23H26FNO. The second-order valence-electron chi connectivity index (χ2n) is 7.70. The molecule has 26 heavy (non-hydrogen) atoms. The highest BCUT2D eigenvalue weighted by Gasteiger charge is 2.31. The molecule has 1 fully saturated rings. The zero-order valence-corrected chi connectivity index (χ0v) is 15.5. The third-order valence-electron chi connectivity index (χ3n) is 5.79. The Morgan fingerprint density at radius 3 is 2.73 bits per heavy atom. The Balaban J connectivity index is 1.55. The van der Waals surface area contributed by atoms with Gasteiger partial charge in [-0.3, -0.25) is 4.90 Å². The molecule has 0 radical (unpaired) electrons. The molecule has 2 atom stereocenters. The Kier molecular flexibility index (Phi) is 4.82. The fraction of sp³-hybridized carbons (Fsp3) is 0.391. The van der Waals surface area contributed by atoms with Crippen molar-refractivity contribution in [3.8, 4) is 5.75 Å². The molecule has 0 spiro atoms. The second-order valence-corrected chi connectivity index (χ2v) is 7.70. The van der Waals surface area contributed by atoms with Crippen molar-refractivity contribution in [2.24, 2.45) is 5.92 Å². The van der Waals surface area contributed by atoms with E-state index in [9.17, 15) is 4.39 Å². The van der Waals surface area contributed by atoms with Crippen LogP contribution in [-0.4, -0.2) is 24.6 Å². The summed E-state index contributed by atoms with van der Waals surface area (Å²) in [5.41, 5.74) is 5.06. The Morgan fingerprint density at radius 1 is 1.15 bits per heavy atom. The molecule has 1 aliphatic carbocycles. The zero-order valence-electron chi connectivity index (χ0n) is 15.5. The number of likely N-dealkylation sites (tertiary alicyclic amines) is 1. The standard InChI is InChI=1S/C23H26FNO/c1-16-9-10-25(15-17-3-7-22(26-2)8-4-17)23(11-16)20-12-18-5-6-21(24)14-19(18)13-20/h3-8,13-14,16,23H,9-12,15H2,1-2H3. The molecule has 0 aromatic heterocycles. The molecule has 2 aromatic carbocycles. The summed E-state index contributed by atoms with van der Waals surface area (Å²) in [5, 5.41) is 0. The van der Waals surface area contributed by atoms with Crippen molar-refractivity contribution >= 4 is 6.08 Å². The summed E-state index contributed by atoms with van der Waals surface area (Å²) >= 11 is 0. The van der Waals surface area contributed by atoms with Crippen molar-refractivity contribution in [2.75, 3.05) is 13.7 Å². The van der Waals surface area contributed by atoms with Gasteiger partial charge in [0.25, 0.3) is 0 Å². The second kappa shape index (κ2) is 7.24. The number of hydrogen-bond donors (Lipinski definition) is 0. The molecule has 1 saturated heterocycles. The zero-order chi connectivity index (χ0) is 18.1. The van der Waals surface area contributed by atoms with Crippen LogP contribution in [0.15, 0.2) is 48.0 Å². The van der Waals surface area contributed by atoms with Crippen LogP contribution < -0.4 is 4.74 Å². The normalized spacial score (nSPS) is 22.8. The van der Waals surface area contributed by atoms with E-state index in [1.807, 2.05) is 18.2 Å². The number of rotatable bonds is 4. The molecule has 3 heteroatoms. The van der Waals surface area contributed by atoms with Crippen molar-refractivity contribution in [1.29, 1.82) is 0 Å². The molecule has 2 nitrogen and oxygen atoms in total. The summed E-state index contributed by atoms with van der Waals surface area (Å²) in [6.45, 7) is 4.41. The third kappa shape index (κ3) is 3.54. The highest BCUT2D eigenvalue weighted by atomic mass is 19.1. The van der Waals surface area contributed by atoms with Gasteiger partial charge < -0.3 is 4.74 Å². The number of halogens is 1. The molecule has 0 saturated carbocycles. The molecule has 4 rings (SSSR count). The van der Waals surface area contributed by atoms with Crippen LogP contribution in [0, 0.1) is 11.7 Å². The van der Waals surface area contributed by atoms with Gasteiger partial charge in [0.05, 0.1) is 7.11 Å². The molecule has 2 aliphatic rings. The molecule has 1 aliphatic heterocycles. The molecular weight excluding hydrogens is 325 g/mol. The van der Waals surface area contributed by atoms with E-state index in [1.54, 1.807) is 19.2 Å². The first kappa shape index (κ1) is 17.3. The summed E-state index contributed by atoms with van der Waals surface area (Å²) in [5.74, 6) is 1.48. The molecule has 2 aromatic rings. The Bertz CT molecular complexity index is 811. The highest BCUT2D eigenvalue weighted by Crippen LogP contribution is 2.35. The van der Waals surface area contributed by atoms with Gasteiger partial charge in [0, 0.05) is 12.6 Å². The largest absolute Gasteiger partial charge is 0.497 e. The van der Waals surface area contributed by atoms with Gasteiger partial charge in [0.2, 0.25) is 0 Å². The predicted octanol–water partition coefficient (Wildman–Crippen LogP) is 5.07. The van der Waals surface area contributed by atoms with E-state index in [-0.39, 0.29) is 5.82 Å². The SMILES string of the molecule is COc1ccc(CN2CCC(C)CC2C2=Cc3cc(F)ccc3C2)cc1. The average Bonchev–Trinajstić information content (AvgIpc) is 3.06. The summed E-state index contributed by atoms with van der Waals surface area (Å²) < 4.78 is 18.8. The number of methoxy groups -OCH3 is 1. The molecule has 136 valence electrons. The fourth-order valence-electron chi connectivity index (χ4n) is 4.28. The van der Waals surface area contributed by atoms with E-state index in [1.165, 1.54) is 29.5 Å².